The first-order valence-corrected chi connectivity index (χ1v) is 10.2. The number of amides is 2. The average Bonchev–Trinajstić information content (AvgIpc) is 2.80. The predicted molar refractivity (Wildman–Crippen MR) is 120 cm³/mol. The monoisotopic (exact) mass is 451 g/mol. The number of aromatic nitrogens is 1. The average molecular weight is 451 g/mol. The Morgan fingerprint density at radius 1 is 1.12 bits per heavy atom. The van der Waals surface area contributed by atoms with Crippen LogP contribution in [0.25, 0.3) is 10.8 Å². The van der Waals surface area contributed by atoms with E-state index in [2.05, 4.69) is 9.72 Å². The molecule has 0 spiro atoms. The van der Waals surface area contributed by atoms with Crippen LogP contribution in [0.5, 0.6) is 5.75 Å². The normalized spacial score (nSPS) is 14.7. The standard InChI is InChI=1S/C24H22FN3O5/c1-24(2)23(31)27(13-22(30)32-3)19-11-16(25)7-8-18(19)28(24)21(29)14-33-20-6-4-5-15-12-26-10-9-17(15)20/h4-12H,13-14H2,1-3H3. The zero-order valence-corrected chi connectivity index (χ0v) is 18.4. The minimum atomic E-state index is -1.36. The summed E-state index contributed by atoms with van der Waals surface area (Å²) in [6.45, 7) is 2.37. The summed E-state index contributed by atoms with van der Waals surface area (Å²) in [5.74, 6) is -1.82. The van der Waals surface area contributed by atoms with Crippen LogP contribution in [-0.4, -0.2) is 48.6 Å². The number of carbonyl (C=O) groups is 3. The van der Waals surface area contributed by atoms with Gasteiger partial charge >= 0.3 is 5.97 Å². The molecular formula is C24H22FN3O5. The molecule has 1 aliphatic heterocycles. The lowest BCUT2D eigenvalue weighted by Crippen LogP contribution is -2.63. The highest BCUT2D eigenvalue weighted by Crippen LogP contribution is 2.41. The molecule has 2 aromatic carbocycles. The summed E-state index contributed by atoms with van der Waals surface area (Å²) < 4.78 is 24.6. The largest absolute Gasteiger partial charge is 0.483 e. The van der Waals surface area contributed by atoms with Gasteiger partial charge in [-0.25, -0.2) is 4.39 Å². The van der Waals surface area contributed by atoms with E-state index in [4.69, 9.17) is 4.74 Å². The molecule has 2 amide bonds. The van der Waals surface area contributed by atoms with Crippen molar-refractivity contribution in [1.29, 1.82) is 0 Å². The first-order valence-electron chi connectivity index (χ1n) is 10.2. The molecule has 0 bridgehead atoms. The number of hydrogen-bond donors (Lipinski definition) is 0. The molecule has 1 aromatic heterocycles. The third kappa shape index (κ3) is 3.97. The Labute approximate surface area is 189 Å². The van der Waals surface area contributed by atoms with Crippen molar-refractivity contribution in [2.24, 2.45) is 0 Å². The van der Waals surface area contributed by atoms with E-state index in [0.717, 1.165) is 21.7 Å². The number of fused-ring (bicyclic) bond motifs is 2. The summed E-state index contributed by atoms with van der Waals surface area (Å²) in [6, 6.07) is 10.9. The van der Waals surface area contributed by atoms with Crippen LogP contribution in [0.1, 0.15) is 13.8 Å². The van der Waals surface area contributed by atoms with Crippen molar-refractivity contribution in [3.63, 3.8) is 0 Å². The van der Waals surface area contributed by atoms with E-state index in [1.165, 1.54) is 24.1 Å². The molecule has 0 saturated carbocycles. The number of anilines is 2. The summed E-state index contributed by atoms with van der Waals surface area (Å²) in [7, 11) is 1.20. The van der Waals surface area contributed by atoms with Crippen LogP contribution in [0.2, 0.25) is 0 Å². The van der Waals surface area contributed by atoms with Crippen LogP contribution in [0.15, 0.2) is 54.9 Å². The van der Waals surface area contributed by atoms with Crippen LogP contribution in [0, 0.1) is 5.82 Å². The maximum Gasteiger partial charge on any atom is 0.325 e. The van der Waals surface area contributed by atoms with E-state index < -0.39 is 35.7 Å². The second-order valence-electron chi connectivity index (χ2n) is 8.03. The van der Waals surface area contributed by atoms with E-state index >= 15 is 0 Å². The number of esters is 1. The van der Waals surface area contributed by atoms with Crippen molar-refractivity contribution >= 4 is 39.9 Å². The Morgan fingerprint density at radius 3 is 2.67 bits per heavy atom. The Kier molecular flexibility index (Phi) is 5.71. The van der Waals surface area contributed by atoms with Gasteiger partial charge in [0, 0.05) is 23.2 Å². The van der Waals surface area contributed by atoms with E-state index in [1.54, 1.807) is 44.4 Å². The number of methoxy groups -OCH3 is 1. The fourth-order valence-corrected chi connectivity index (χ4v) is 3.96. The Morgan fingerprint density at radius 2 is 1.91 bits per heavy atom. The topological polar surface area (TPSA) is 89.0 Å². The zero-order valence-electron chi connectivity index (χ0n) is 18.4. The third-order valence-corrected chi connectivity index (χ3v) is 5.55. The van der Waals surface area contributed by atoms with Crippen LogP contribution in [-0.2, 0) is 19.1 Å². The fraction of sp³-hybridized carbons (Fsp3) is 0.250. The second kappa shape index (κ2) is 8.50. The SMILES string of the molecule is COC(=O)CN1C(=O)C(C)(C)N(C(=O)COc2cccc3cnccc23)c2ccc(F)cc21. The minimum Gasteiger partial charge on any atom is -0.483 e. The Bertz CT molecular complexity index is 1250. The molecule has 0 unspecified atom stereocenters. The van der Waals surface area contributed by atoms with Gasteiger partial charge in [0.05, 0.1) is 18.5 Å². The minimum absolute atomic E-state index is 0.106. The Balaban J connectivity index is 1.68. The van der Waals surface area contributed by atoms with Crippen molar-refractivity contribution in [2.45, 2.75) is 19.4 Å². The molecule has 0 N–H and O–H groups in total. The van der Waals surface area contributed by atoms with Gasteiger partial charge in [0.1, 0.15) is 23.7 Å². The van der Waals surface area contributed by atoms with Gasteiger partial charge in [-0.05, 0) is 44.2 Å². The van der Waals surface area contributed by atoms with Crippen molar-refractivity contribution in [1.82, 2.24) is 4.98 Å². The molecule has 33 heavy (non-hydrogen) atoms. The van der Waals surface area contributed by atoms with E-state index in [1.807, 2.05) is 6.07 Å². The van der Waals surface area contributed by atoms with Gasteiger partial charge < -0.3 is 9.47 Å². The molecule has 0 aliphatic carbocycles. The Hall–Kier alpha value is -4.01. The van der Waals surface area contributed by atoms with Crippen LogP contribution >= 0.6 is 0 Å². The number of pyridine rings is 1. The molecule has 0 radical (unpaired) electrons. The van der Waals surface area contributed by atoms with E-state index in [-0.39, 0.29) is 12.3 Å². The molecular weight excluding hydrogens is 429 g/mol. The van der Waals surface area contributed by atoms with Crippen LogP contribution < -0.4 is 14.5 Å². The molecule has 3 aromatic rings. The van der Waals surface area contributed by atoms with Gasteiger partial charge in [0.15, 0.2) is 6.61 Å². The lowest BCUT2D eigenvalue weighted by molar-refractivity contribution is -0.140. The molecule has 2 heterocycles. The summed E-state index contributed by atoms with van der Waals surface area (Å²) >= 11 is 0. The van der Waals surface area contributed by atoms with Crippen molar-refractivity contribution in [3.05, 3.63) is 60.7 Å². The lowest BCUT2D eigenvalue weighted by Gasteiger charge is -2.46. The molecule has 0 saturated heterocycles. The van der Waals surface area contributed by atoms with Gasteiger partial charge in [-0.1, -0.05) is 12.1 Å². The molecule has 170 valence electrons. The third-order valence-electron chi connectivity index (χ3n) is 5.55. The van der Waals surface area contributed by atoms with Gasteiger partial charge in [-0.2, -0.15) is 0 Å². The maximum absolute atomic E-state index is 14.1. The van der Waals surface area contributed by atoms with Crippen molar-refractivity contribution in [3.8, 4) is 5.75 Å². The molecule has 8 nitrogen and oxygen atoms in total. The van der Waals surface area contributed by atoms with Gasteiger partial charge in [0.25, 0.3) is 11.8 Å². The number of rotatable bonds is 5. The quantitative estimate of drug-likeness (QED) is 0.554. The molecule has 0 fully saturated rings. The predicted octanol–water partition coefficient (Wildman–Crippen LogP) is 3.08. The maximum atomic E-state index is 14.1. The van der Waals surface area contributed by atoms with E-state index in [9.17, 15) is 18.8 Å². The molecule has 1 aliphatic rings. The molecule has 9 heteroatoms. The number of nitrogens with zero attached hydrogens (tertiary/aromatic N) is 3. The summed E-state index contributed by atoms with van der Waals surface area (Å²) in [6.07, 6.45) is 3.32. The van der Waals surface area contributed by atoms with E-state index in [0.29, 0.717) is 11.4 Å². The summed E-state index contributed by atoms with van der Waals surface area (Å²) in [4.78, 5) is 45.0. The molecule has 4 rings (SSSR count). The van der Waals surface area contributed by atoms with Crippen molar-refractivity contribution in [2.75, 3.05) is 30.1 Å². The van der Waals surface area contributed by atoms with Gasteiger partial charge in [-0.15, -0.1) is 0 Å². The summed E-state index contributed by atoms with van der Waals surface area (Å²) in [5.41, 5.74) is -0.961. The first kappa shape index (κ1) is 22.2. The summed E-state index contributed by atoms with van der Waals surface area (Å²) in [5, 5.41) is 1.65. The lowest BCUT2D eigenvalue weighted by atomic mass is 9.94. The van der Waals surface area contributed by atoms with Gasteiger partial charge in [0.2, 0.25) is 0 Å². The number of carbonyl (C=O) groups excluding carboxylic acids is 3. The van der Waals surface area contributed by atoms with Crippen LogP contribution in [0.4, 0.5) is 15.8 Å². The smallest absolute Gasteiger partial charge is 0.325 e. The number of hydrogen-bond acceptors (Lipinski definition) is 6. The fourth-order valence-electron chi connectivity index (χ4n) is 3.96. The first-order chi connectivity index (χ1) is 15.7. The zero-order chi connectivity index (χ0) is 23.8. The second-order valence-corrected chi connectivity index (χ2v) is 8.03. The number of halogens is 1. The highest BCUT2D eigenvalue weighted by molar-refractivity contribution is 6.16. The number of ether oxygens (including phenoxy) is 2. The number of benzene rings is 2. The van der Waals surface area contributed by atoms with Gasteiger partial charge in [-0.3, -0.25) is 29.2 Å². The molecule has 0 atom stereocenters. The van der Waals surface area contributed by atoms with Crippen molar-refractivity contribution < 1.29 is 28.2 Å². The highest BCUT2D eigenvalue weighted by Gasteiger charge is 2.48. The highest BCUT2D eigenvalue weighted by atomic mass is 19.1. The van der Waals surface area contributed by atoms with Crippen LogP contribution in [0.3, 0.4) is 0 Å².